The lowest BCUT2D eigenvalue weighted by molar-refractivity contribution is -0.125. The molecule has 1 aromatic carbocycles. The lowest BCUT2D eigenvalue weighted by atomic mass is 10.1. The molecule has 1 unspecified atom stereocenters. The van der Waals surface area contributed by atoms with Gasteiger partial charge in [-0.25, -0.2) is 0 Å². The van der Waals surface area contributed by atoms with Gasteiger partial charge in [-0.3, -0.25) is 9.59 Å². The van der Waals surface area contributed by atoms with Crippen LogP contribution in [-0.2, 0) is 4.79 Å². The number of nitrogens with zero attached hydrogens (tertiary/aromatic N) is 1. The van der Waals surface area contributed by atoms with Gasteiger partial charge in [-0.15, -0.1) is 0 Å². The number of carbonyl (C=O) groups excluding carboxylic acids is 2. The summed E-state index contributed by atoms with van der Waals surface area (Å²) in [5.74, 6) is -0.243. The molecular formula is C15H18N4O2. The average molecular weight is 286 g/mol. The highest BCUT2D eigenvalue weighted by Gasteiger charge is 2.32. The van der Waals surface area contributed by atoms with E-state index in [0.29, 0.717) is 25.2 Å². The first-order valence-electron chi connectivity index (χ1n) is 7.02. The fourth-order valence-electron chi connectivity index (χ4n) is 2.77. The van der Waals surface area contributed by atoms with E-state index in [9.17, 15) is 9.59 Å². The van der Waals surface area contributed by atoms with Gasteiger partial charge in [-0.05, 0) is 18.2 Å². The number of likely N-dealkylation sites (N-methyl/N-ethyl adjacent to an activating group) is 1. The Morgan fingerprint density at radius 3 is 3.00 bits per heavy atom. The van der Waals surface area contributed by atoms with Crippen molar-refractivity contribution in [1.82, 2.24) is 20.5 Å². The second kappa shape index (κ2) is 5.57. The van der Waals surface area contributed by atoms with E-state index in [1.807, 2.05) is 24.4 Å². The highest BCUT2D eigenvalue weighted by atomic mass is 16.2. The second-order valence-electron chi connectivity index (χ2n) is 5.08. The number of aromatic nitrogens is 1. The zero-order valence-corrected chi connectivity index (χ0v) is 11.8. The van der Waals surface area contributed by atoms with E-state index in [0.717, 1.165) is 10.9 Å². The third kappa shape index (κ3) is 2.38. The molecule has 1 aliphatic rings. The quantitative estimate of drug-likeness (QED) is 0.744. The number of amides is 2. The Morgan fingerprint density at radius 2 is 2.19 bits per heavy atom. The molecule has 3 N–H and O–H groups in total. The number of nitrogens with one attached hydrogen (secondary N) is 3. The first-order valence-corrected chi connectivity index (χ1v) is 7.02. The average Bonchev–Trinajstić information content (AvgIpc) is 3.02. The zero-order valence-electron chi connectivity index (χ0n) is 11.8. The van der Waals surface area contributed by atoms with Gasteiger partial charge in [0.15, 0.2) is 0 Å². The van der Waals surface area contributed by atoms with Gasteiger partial charge in [0.25, 0.3) is 5.91 Å². The van der Waals surface area contributed by atoms with E-state index in [1.54, 1.807) is 18.0 Å². The Labute approximate surface area is 122 Å². The van der Waals surface area contributed by atoms with E-state index in [1.165, 1.54) is 0 Å². The molecule has 110 valence electrons. The van der Waals surface area contributed by atoms with Crippen molar-refractivity contribution in [2.24, 2.45) is 0 Å². The van der Waals surface area contributed by atoms with Gasteiger partial charge in [-0.1, -0.05) is 6.07 Å². The number of piperazine rings is 1. The predicted molar refractivity (Wildman–Crippen MR) is 80.1 cm³/mol. The maximum absolute atomic E-state index is 12.8. The van der Waals surface area contributed by atoms with Crippen LogP contribution in [-0.4, -0.2) is 54.4 Å². The van der Waals surface area contributed by atoms with Crippen LogP contribution in [0.3, 0.4) is 0 Å². The summed E-state index contributed by atoms with van der Waals surface area (Å²) in [6, 6.07) is 7.01. The van der Waals surface area contributed by atoms with Gasteiger partial charge in [0.1, 0.15) is 6.04 Å². The van der Waals surface area contributed by atoms with Crippen LogP contribution in [0.4, 0.5) is 0 Å². The Hall–Kier alpha value is -2.34. The summed E-state index contributed by atoms with van der Waals surface area (Å²) in [5, 5.41) is 6.67. The summed E-state index contributed by atoms with van der Waals surface area (Å²) in [6.07, 6.45) is 1.81. The van der Waals surface area contributed by atoms with Gasteiger partial charge in [0.2, 0.25) is 5.91 Å². The second-order valence-corrected chi connectivity index (χ2v) is 5.08. The van der Waals surface area contributed by atoms with Crippen LogP contribution < -0.4 is 10.6 Å². The highest BCUT2D eigenvalue weighted by molar-refractivity contribution is 6.07. The first kappa shape index (κ1) is 13.6. The minimum absolute atomic E-state index is 0.102. The number of benzene rings is 1. The maximum atomic E-state index is 12.8. The fraction of sp³-hybridized carbons (Fsp3) is 0.333. The summed E-state index contributed by atoms with van der Waals surface area (Å²) in [6.45, 7) is 1.70. The topological polar surface area (TPSA) is 77.2 Å². The van der Waals surface area contributed by atoms with Crippen molar-refractivity contribution >= 4 is 22.7 Å². The summed E-state index contributed by atoms with van der Waals surface area (Å²) < 4.78 is 0. The Bertz CT molecular complexity index is 679. The Balaban J connectivity index is 1.96. The molecule has 1 aliphatic heterocycles. The molecule has 0 bridgehead atoms. The monoisotopic (exact) mass is 286 g/mol. The summed E-state index contributed by atoms with van der Waals surface area (Å²) in [5.41, 5.74) is 1.55. The van der Waals surface area contributed by atoms with Gasteiger partial charge in [0.05, 0.1) is 0 Å². The van der Waals surface area contributed by atoms with Gasteiger partial charge in [-0.2, -0.15) is 0 Å². The molecule has 3 rings (SSSR count). The van der Waals surface area contributed by atoms with E-state index < -0.39 is 6.04 Å². The van der Waals surface area contributed by atoms with Crippen molar-refractivity contribution in [2.45, 2.75) is 6.04 Å². The molecule has 2 heterocycles. The van der Waals surface area contributed by atoms with Crippen LogP contribution >= 0.6 is 0 Å². The molecular weight excluding hydrogens is 268 g/mol. The lowest BCUT2D eigenvalue weighted by Crippen LogP contribution is -2.59. The van der Waals surface area contributed by atoms with Crippen molar-refractivity contribution in [1.29, 1.82) is 0 Å². The molecule has 1 aromatic heterocycles. The molecule has 2 amide bonds. The van der Waals surface area contributed by atoms with Crippen LogP contribution in [0.25, 0.3) is 10.9 Å². The van der Waals surface area contributed by atoms with Crippen molar-refractivity contribution < 1.29 is 9.59 Å². The summed E-state index contributed by atoms with van der Waals surface area (Å²) in [7, 11) is 1.59. The van der Waals surface area contributed by atoms with E-state index in [-0.39, 0.29) is 11.8 Å². The number of H-pyrrole nitrogens is 1. The normalized spacial score (nSPS) is 18.7. The van der Waals surface area contributed by atoms with Crippen LogP contribution in [0.15, 0.2) is 30.5 Å². The number of hydrogen-bond acceptors (Lipinski definition) is 3. The van der Waals surface area contributed by atoms with E-state index in [4.69, 9.17) is 0 Å². The number of fused-ring (bicyclic) bond motifs is 1. The molecule has 1 fully saturated rings. The summed E-state index contributed by atoms with van der Waals surface area (Å²) >= 11 is 0. The van der Waals surface area contributed by atoms with Crippen molar-refractivity contribution in [3.8, 4) is 0 Å². The molecule has 2 aromatic rings. The van der Waals surface area contributed by atoms with E-state index >= 15 is 0 Å². The maximum Gasteiger partial charge on any atom is 0.255 e. The van der Waals surface area contributed by atoms with Crippen LogP contribution in [0, 0.1) is 0 Å². The molecule has 0 radical (unpaired) electrons. The molecule has 0 spiro atoms. The molecule has 6 heteroatoms. The van der Waals surface area contributed by atoms with Gasteiger partial charge >= 0.3 is 0 Å². The zero-order chi connectivity index (χ0) is 14.8. The fourth-order valence-corrected chi connectivity index (χ4v) is 2.77. The van der Waals surface area contributed by atoms with Gasteiger partial charge in [0, 0.05) is 49.3 Å². The van der Waals surface area contributed by atoms with Crippen LogP contribution in [0.1, 0.15) is 10.4 Å². The largest absolute Gasteiger partial charge is 0.361 e. The minimum atomic E-state index is -0.467. The molecule has 21 heavy (non-hydrogen) atoms. The highest BCUT2D eigenvalue weighted by Crippen LogP contribution is 2.20. The predicted octanol–water partition coefficient (Wildman–Crippen LogP) is 0.328. The summed E-state index contributed by atoms with van der Waals surface area (Å²) in [4.78, 5) is 29.6. The van der Waals surface area contributed by atoms with Crippen molar-refractivity contribution in [2.75, 3.05) is 26.7 Å². The third-order valence-corrected chi connectivity index (χ3v) is 3.88. The van der Waals surface area contributed by atoms with Crippen molar-refractivity contribution in [3.63, 3.8) is 0 Å². The number of aromatic amines is 1. The standard InChI is InChI=1S/C15H18N4O2/c1-16-14(20)13-9-17-7-8-19(13)15(21)11-3-2-4-12-10(11)5-6-18-12/h2-6,13,17-18H,7-9H2,1H3,(H,16,20). The lowest BCUT2D eigenvalue weighted by Gasteiger charge is -2.35. The minimum Gasteiger partial charge on any atom is -0.361 e. The molecule has 6 nitrogen and oxygen atoms in total. The number of rotatable bonds is 2. The van der Waals surface area contributed by atoms with Crippen LogP contribution in [0.2, 0.25) is 0 Å². The van der Waals surface area contributed by atoms with Gasteiger partial charge < -0.3 is 20.5 Å². The first-order chi connectivity index (χ1) is 10.2. The third-order valence-electron chi connectivity index (χ3n) is 3.88. The smallest absolute Gasteiger partial charge is 0.255 e. The van der Waals surface area contributed by atoms with E-state index in [2.05, 4.69) is 15.6 Å². The SMILES string of the molecule is CNC(=O)C1CNCCN1C(=O)c1cccc2[nH]ccc12. The number of carbonyl (C=O) groups is 2. The van der Waals surface area contributed by atoms with Crippen molar-refractivity contribution in [3.05, 3.63) is 36.0 Å². The molecule has 1 atom stereocenters. The van der Waals surface area contributed by atoms with Crippen LogP contribution in [0.5, 0.6) is 0 Å². The Morgan fingerprint density at radius 1 is 1.33 bits per heavy atom. The Kier molecular flexibility index (Phi) is 3.62. The molecule has 1 saturated heterocycles. The molecule has 0 aliphatic carbocycles. The molecule has 0 saturated carbocycles. The number of hydrogen-bond donors (Lipinski definition) is 3.